The van der Waals surface area contributed by atoms with Crippen molar-refractivity contribution in [3.63, 3.8) is 0 Å². The SMILES string of the molecule is CCOC(=O)CC1CCC(C(=O)N2c3ccc(C(F)(F)F)cc3C(N(Cc3cc(C(F)(F)F)cc(C(F)(F)F)c3)C(=O)OC)CC2CC)CC1. The summed E-state index contributed by atoms with van der Waals surface area (Å²) in [5, 5.41) is 0. The number of esters is 1. The molecule has 1 aliphatic carbocycles. The number of nitrogens with zero attached hydrogens (tertiary/aromatic N) is 2. The fraction of sp³-hybridized carbons (Fsp3) is 0.559. The van der Waals surface area contributed by atoms with Crippen molar-refractivity contribution in [2.24, 2.45) is 11.8 Å². The summed E-state index contributed by atoms with van der Waals surface area (Å²) in [5.41, 5.74) is -5.11. The van der Waals surface area contributed by atoms with Crippen LogP contribution in [0.2, 0.25) is 0 Å². The summed E-state index contributed by atoms with van der Waals surface area (Å²) in [4.78, 5) is 41.5. The second-order valence-corrected chi connectivity index (χ2v) is 12.5. The van der Waals surface area contributed by atoms with E-state index in [1.54, 1.807) is 13.8 Å². The highest BCUT2D eigenvalue weighted by Gasteiger charge is 2.44. The van der Waals surface area contributed by atoms with E-state index in [1.165, 1.54) is 4.90 Å². The summed E-state index contributed by atoms with van der Waals surface area (Å²) >= 11 is 0. The van der Waals surface area contributed by atoms with Gasteiger partial charge in [-0.3, -0.25) is 14.5 Å². The number of halogens is 9. The third-order valence-electron chi connectivity index (χ3n) is 9.28. The van der Waals surface area contributed by atoms with Gasteiger partial charge >= 0.3 is 30.6 Å². The Balaban J connectivity index is 1.76. The fourth-order valence-electron chi connectivity index (χ4n) is 6.84. The lowest BCUT2D eigenvalue weighted by atomic mass is 9.79. The first-order valence-corrected chi connectivity index (χ1v) is 16.1. The van der Waals surface area contributed by atoms with Crippen LogP contribution >= 0.6 is 0 Å². The number of alkyl halides is 9. The van der Waals surface area contributed by atoms with E-state index in [0.717, 1.165) is 30.2 Å². The molecule has 2 aromatic rings. The van der Waals surface area contributed by atoms with E-state index in [2.05, 4.69) is 0 Å². The maximum absolute atomic E-state index is 14.1. The molecule has 7 nitrogen and oxygen atoms in total. The highest BCUT2D eigenvalue weighted by Crippen LogP contribution is 2.47. The zero-order valence-electron chi connectivity index (χ0n) is 27.5. The Kier molecular flexibility index (Phi) is 11.7. The van der Waals surface area contributed by atoms with Gasteiger partial charge in [0.2, 0.25) is 5.91 Å². The molecular formula is C34H37F9N2O5. The quantitative estimate of drug-likeness (QED) is 0.201. The van der Waals surface area contributed by atoms with E-state index in [-0.39, 0.29) is 61.0 Å². The van der Waals surface area contributed by atoms with Gasteiger partial charge in [0.15, 0.2) is 0 Å². The number of hydrogen-bond donors (Lipinski definition) is 0. The minimum atomic E-state index is -5.18. The Morgan fingerprint density at radius 1 is 0.820 bits per heavy atom. The first kappa shape index (κ1) is 38.8. The van der Waals surface area contributed by atoms with Crippen molar-refractivity contribution < 1.29 is 63.4 Å². The first-order chi connectivity index (χ1) is 23.3. The molecule has 0 bridgehead atoms. The lowest BCUT2D eigenvalue weighted by Gasteiger charge is -2.45. The summed E-state index contributed by atoms with van der Waals surface area (Å²) in [6.45, 7) is 2.75. The van der Waals surface area contributed by atoms with E-state index in [1.807, 2.05) is 0 Å². The summed E-state index contributed by atoms with van der Waals surface area (Å²) in [6.07, 6.45) is -14.3. The monoisotopic (exact) mass is 724 g/mol. The lowest BCUT2D eigenvalue weighted by Crippen LogP contribution is -2.50. The molecule has 1 heterocycles. The van der Waals surface area contributed by atoms with Crippen molar-refractivity contribution >= 4 is 23.7 Å². The predicted octanol–water partition coefficient (Wildman–Crippen LogP) is 9.33. The zero-order chi connectivity index (χ0) is 37.2. The molecule has 0 N–H and O–H groups in total. The van der Waals surface area contributed by atoms with Crippen molar-refractivity contribution in [1.82, 2.24) is 4.90 Å². The summed E-state index contributed by atoms with van der Waals surface area (Å²) in [7, 11) is 0.921. The third-order valence-corrected chi connectivity index (χ3v) is 9.28. The Morgan fingerprint density at radius 3 is 1.90 bits per heavy atom. The van der Waals surface area contributed by atoms with Gasteiger partial charge in [0, 0.05) is 30.6 Å². The number of ether oxygens (including phenoxy) is 2. The number of hydrogen-bond acceptors (Lipinski definition) is 5. The Bertz CT molecular complexity index is 1520. The van der Waals surface area contributed by atoms with Crippen LogP contribution in [0.3, 0.4) is 0 Å². The molecular weight excluding hydrogens is 687 g/mol. The Morgan fingerprint density at radius 2 is 1.40 bits per heavy atom. The first-order valence-electron chi connectivity index (χ1n) is 16.1. The lowest BCUT2D eigenvalue weighted by molar-refractivity contribution is -0.145. The molecule has 1 saturated carbocycles. The van der Waals surface area contributed by atoms with Crippen LogP contribution in [0.25, 0.3) is 0 Å². The number of carbonyl (C=O) groups is 3. The average Bonchev–Trinajstić information content (AvgIpc) is 3.04. The molecule has 2 amide bonds. The van der Waals surface area contributed by atoms with E-state index < -0.39 is 71.4 Å². The molecule has 1 fully saturated rings. The number of amides is 2. The standard InChI is InChI=1S/C34H37F9N2O5/c1-4-25-17-28(44(31(48)49-3)18-20-12-23(33(38,39)40)15-24(13-20)34(41,42)43)26-16-22(32(35,36)37)10-11-27(26)45(25)30(47)21-8-6-19(7-9-21)14-29(46)50-5-2/h10-13,15-16,19,21,25,28H,4-9,14,17-18H2,1-3H3. The number of fused-ring (bicyclic) bond motifs is 1. The van der Waals surface area contributed by atoms with E-state index in [4.69, 9.17) is 9.47 Å². The van der Waals surface area contributed by atoms with Gasteiger partial charge in [-0.05, 0) is 98.9 Å². The van der Waals surface area contributed by atoms with Gasteiger partial charge in [-0.2, -0.15) is 39.5 Å². The van der Waals surface area contributed by atoms with Gasteiger partial charge in [0.1, 0.15) is 0 Å². The van der Waals surface area contributed by atoms with Crippen molar-refractivity contribution in [2.75, 3.05) is 18.6 Å². The maximum atomic E-state index is 14.1. The molecule has 1 aliphatic heterocycles. The maximum Gasteiger partial charge on any atom is 0.416 e. The van der Waals surface area contributed by atoms with Gasteiger partial charge in [-0.1, -0.05) is 6.92 Å². The highest BCUT2D eigenvalue weighted by molar-refractivity contribution is 5.97. The Labute approximate surface area is 282 Å². The second kappa shape index (κ2) is 15.1. The number of benzene rings is 2. The summed E-state index contributed by atoms with van der Waals surface area (Å²) in [6, 6.07) is 1.36. The second-order valence-electron chi connectivity index (χ2n) is 12.5. The van der Waals surface area contributed by atoms with E-state index in [0.29, 0.717) is 37.8 Å². The van der Waals surface area contributed by atoms with Crippen LogP contribution in [0.1, 0.15) is 92.7 Å². The smallest absolute Gasteiger partial charge is 0.416 e. The number of methoxy groups -OCH3 is 1. The summed E-state index contributed by atoms with van der Waals surface area (Å²) < 4.78 is 134. The number of rotatable bonds is 8. The minimum Gasteiger partial charge on any atom is -0.466 e. The van der Waals surface area contributed by atoms with Gasteiger partial charge in [0.25, 0.3) is 0 Å². The third kappa shape index (κ3) is 8.84. The highest BCUT2D eigenvalue weighted by atomic mass is 19.4. The average molecular weight is 725 g/mol. The van der Waals surface area contributed by atoms with Crippen LogP contribution in [0.5, 0.6) is 0 Å². The Hall–Kier alpha value is -3.98. The largest absolute Gasteiger partial charge is 0.466 e. The van der Waals surface area contributed by atoms with Crippen LogP contribution in [-0.2, 0) is 44.1 Å². The molecule has 4 rings (SSSR count). The predicted molar refractivity (Wildman–Crippen MR) is 161 cm³/mol. The van der Waals surface area contributed by atoms with Crippen LogP contribution in [0.4, 0.5) is 50.0 Å². The van der Waals surface area contributed by atoms with Gasteiger partial charge in [0.05, 0.1) is 36.4 Å². The molecule has 276 valence electrons. The van der Waals surface area contributed by atoms with Crippen molar-refractivity contribution in [2.45, 2.75) is 96.0 Å². The van der Waals surface area contributed by atoms with Gasteiger partial charge < -0.3 is 14.4 Å². The van der Waals surface area contributed by atoms with Crippen molar-refractivity contribution in [3.05, 3.63) is 64.2 Å². The van der Waals surface area contributed by atoms with Gasteiger partial charge in [-0.15, -0.1) is 0 Å². The molecule has 2 aliphatic rings. The van der Waals surface area contributed by atoms with Crippen molar-refractivity contribution in [3.8, 4) is 0 Å². The van der Waals surface area contributed by atoms with Crippen molar-refractivity contribution in [1.29, 1.82) is 0 Å². The molecule has 2 atom stereocenters. The minimum absolute atomic E-state index is 0.00485. The van der Waals surface area contributed by atoms with Gasteiger partial charge in [-0.25, -0.2) is 4.79 Å². The molecule has 2 aromatic carbocycles. The number of carbonyl (C=O) groups excluding carboxylic acids is 3. The van der Waals surface area contributed by atoms with E-state index in [9.17, 15) is 53.9 Å². The molecule has 2 unspecified atom stereocenters. The van der Waals surface area contributed by atoms with E-state index >= 15 is 0 Å². The van der Waals surface area contributed by atoms with Crippen LogP contribution < -0.4 is 4.90 Å². The molecule has 0 aromatic heterocycles. The van der Waals surface area contributed by atoms with Crippen LogP contribution in [-0.4, -0.2) is 42.6 Å². The number of anilines is 1. The zero-order valence-corrected chi connectivity index (χ0v) is 27.5. The van der Waals surface area contributed by atoms with Crippen LogP contribution in [0.15, 0.2) is 36.4 Å². The topological polar surface area (TPSA) is 76.2 Å². The molecule has 0 radical (unpaired) electrons. The fourth-order valence-corrected chi connectivity index (χ4v) is 6.84. The normalized spacial score (nSPS) is 21.3. The van der Waals surface area contributed by atoms with Crippen LogP contribution in [0, 0.1) is 11.8 Å². The summed E-state index contributed by atoms with van der Waals surface area (Å²) in [5.74, 6) is -1.26. The molecule has 0 saturated heterocycles. The molecule has 16 heteroatoms. The molecule has 0 spiro atoms. The molecule has 50 heavy (non-hydrogen) atoms.